The molecule has 0 bridgehead atoms. The molecule has 3 aromatic rings. The number of hydrogen-bond donors (Lipinski definition) is 1. The van der Waals surface area contributed by atoms with Crippen LogP contribution in [0.5, 0.6) is 0 Å². The lowest BCUT2D eigenvalue weighted by atomic mass is 10.0. The first kappa shape index (κ1) is 13.9. The van der Waals surface area contributed by atoms with Gasteiger partial charge in [0, 0.05) is 5.56 Å². The van der Waals surface area contributed by atoms with Crippen molar-refractivity contribution in [2.45, 2.75) is 0 Å². The summed E-state index contributed by atoms with van der Waals surface area (Å²) < 4.78 is 5.34. The van der Waals surface area contributed by atoms with Crippen LogP contribution in [0.2, 0.25) is 0 Å². The molecular formula is C19H14O3. The van der Waals surface area contributed by atoms with Gasteiger partial charge >= 0.3 is 5.97 Å². The summed E-state index contributed by atoms with van der Waals surface area (Å²) in [6.07, 6.45) is 3.30. The second kappa shape index (κ2) is 6.14. The van der Waals surface area contributed by atoms with E-state index in [-0.39, 0.29) is 5.57 Å². The minimum atomic E-state index is -0.943. The van der Waals surface area contributed by atoms with Crippen molar-refractivity contribution in [3.8, 4) is 11.3 Å². The summed E-state index contributed by atoms with van der Waals surface area (Å²) in [6.45, 7) is 0. The molecule has 0 spiro atoms. The molecule has 2 aromatic carbocycles. The topological polar surface area (TPSA) is 50.4 Å². The summed E-state index contributed by atoms with van der Waals surface area (Å²) in [5.74, 6) is -0.154. The van der Waals surface area contributed by atoms with Crippen molar-refractivity contribution in [3.63, 3.8) is 0 Å². The Balaban J connectivity index is 1.94. The normalized spacial score (nSPS) is 11.4. The van der Waals surface area contributed by atoms with Gasteiger partial charge in [0.2, 0.25) is 0 Å². The Morgan fingerprint density at radius 2 is 1.64 bits per heavy atom. The van der Waals surface area contributed by atoms with Gasteiger partial charge in [-0.25, -0.2) is 4.79 Å². The number of benzene rings is 2. The first-order valence-corrected chi connectivity index (χ1v) is 6.88. The number of aliphatic carboxylic acids is 1. The Kier molecular flexibility index (Phi) is 3.88. The lowest BCUT2D eigenvalue weighted by molar-refractivity contribution is -0.130. The third-order valence-corrected chi connectivity index (χ3v) is 3.34. The van der Waals surface area contributed by atoms with E-state index >= 15 is 0 Å². The van der Waals surface area contributed by atoms with Crippen molar-refractivity contribution in [1.29, 1.82) is 0 Å². The molecule has 0 aliphatic rings. The monoisotopic (exact) mass is 290 g/mol. The van der Waals surface area contributed by atoms with Gasteiger partial charge in [-0.15, -0.1) is 0 Å². The molecule has 3 rings (SSSR count). The molecule has 22 heavy (non-hydrogen) atoms. The summed E-state index contributed by atoms with van der Waals surface area (Å²) in [4.78, 5) is 11.5. The highest BCUT2D eigenvalue weighted by atomic mass is 16.4. The van der Waals surface area contributed by atoms with Crippen LogP contribution in [0.3, 0.4) is 0 Å². The van der Waals surface area contributed by atoms with E-state index in [1.807, 2.05) is 54.6 Å². The lowest BCUT2D eigenvalue weighted by Gasteiger charge is -2.03. The van der Waals surface area contributed by atoms with E-state index in [2.05, 4.69) is 0 Å². The van der Waals surface area contributed by atoms with Gasteiger partial charge in [0.1, 0.15) is 5.76 Å². The maximum atomic E-state index is 11.5. The Bertz CT molecular complexity index is 782. The van der Waals surface area contributed by atoms with Crippen LogP contribution in [-0.4, -0.2) is 11.1 Å². The Hall–Kier alpha value is -3.07. The van der Waals surface area contributed by atoms with Crippen LogP contribution in [0.1, 0.15) is 11.1 Å². The molecule has 0 amide bonds. The predicted octanol–water partition coefficient (Wildman–Crippen LogP) is 4.57. The second-order valence-electron chi connectivity index (χ2n) is 4.83. The molecule has 1 aromatic heterocycles. The van der Waals surface area contributed by atoms with E-state index in [1.165, 1.54) is 0 Å². The molecular weight excluding hydrogens is 276 g/mol. The summed E-state index contributed by atoms with van der Waals surface area (Å²) in [5, 5.41) is 9.41. The van der Waals surface area contributed by atoms with Crippen molar-refractivity contribution in [1.82, 2.24) is 0 Å². The minimum Gasteiger partial charge on any atom is -0.478 e. The van der Waals surface area contributed by atoms with Crippen LogP contribution < -0.4 is 0 Å². The van der Waals surface area contributed by atoms with E-state index in [0.717, 1.165) is 16.9 Å². The molecule has 108 valence electrons. The molecule has 0 unspecified atom stereocenters. The number of hydrogen-bond acceptors (Lipinski definition) is 2. The standard InChI is InChI=1S/C19H14O3/c20-19(21)17(15-5-2-1-3-6-15)13-14-8-10-16(11-9-14)18-7-4-12-22-18/h1-13H,(H,20,21). The van der Waals surface area contributed by atoms with E-state index in [1.54, 1.807) is 24.5 Å². The van der Waals surface area contributed by atoms with Gasteiger partial charge in [0.25, 0.3) is 0 Å². The molecule has 0 aliphatic heterocycles. The number of carbonyl (C=O) groups is 1. The average molecular weight is 290 g/mol. The first-order valence-electron chi connectivity index (χ1n) is 6.88. The van der Waals surface area contributed by atoms with Crippen molar-refractivity contribution < 1.29 is 14.3 Å². The molecule has 3 heteroatoms. The van der Waals surface area contributed by atoms with Crippen molar-refractivity contribution in [2.75, 3.05) is 0 Å². The van der Waals surface area contributed by atoms with E-state index in [9.17, 15) is 9.90 Å². The molecule has 0 fully saturated rings. The Morgan fingerprint density at radius 3 is 2.23 bits per heavy atom. The van der Waals surface area contributed by atoms with Gasteiger partial charge < -0.3 is 9.52 Å². The largest absolute Gasteiger partial charge is 0.478 e. The third kappa shape index (κ3) is 2.99. The van der Waals surface area contributed by atoms with Gasteiger partial charge in [0.15, 0.2) is 0 Å². The smallest absolute Gasteiger partial charge is 0.336 e. The summed E-state index contributed by atoms with van der Waals surface area (Å²) in [6, 6.07) is 20.4. The highest BCUT2D eigenvalue weighted by Gasteiger charge is 2.10. The van der Waals surface area contributed by atoms with Crippen LogP contribution in [0.15, 0.2) is 77.4 Å². The number of carboxylic acids is 1. The van der Waals surface area contributed by atoms with Crippen LogP contribution in [0, 0.1) is 0 Å². The third-order valence-electron chi connectivity index (χ3n) is 3.34. The molecule has 0 saturated heterocycles. The Morgan fingerprint density at radius 1 is 0.909 bits per heavy atom. The lowest BCUT2D eigenvalue weighted by Crippen LogP contribution is -1.99. The van der Waals surface area contributed by atoms with Gasteiger partial charge in [0.05, 0.1) is 11.8 Å². The zero-order valence-electron chi connectivity index (χ0n) is 11.8. The van der Waals surface area contributed by atoms with E-state index < -0.39 is 5.97 Å². The Labute approximate surface area is 128 Å². The maximum absolute atomic E-state index is 11.5. The van der Waals surface area contributed by atoms with Gasteiger partial charge in [-0.1, -0.05) is 54.6 Å². The molecule has 0 aliphatic carbocycles. The maximum Gasteiger partial charge on any atom is 0.336 e. The zero-order valence-corrected chi connectivity index (χ0v) is 11.8. The number of rotatable bonds is 4. The van der Waals surface area contributed by atoms with Crippen molar-refractivity contribution in [2.24, 2.45) is 0 Å². The summed E-state index contributed by atoms with van der Waals surface area (Å²) >= 11 is 0. The average Bonchev–Trinajstić information content (AvgIpc) is 3.08. The SMILES string of the molecule is O=C(O)C(=Cc1ccc(-c2ccco2)cc1)c1ccccc1. The van der Waals surface area contributed by atoms with Crippen molar-refractivity contribution >= 4 is 17.6 Å². The minimum absolute atomic E-state index is 0.270. The van der Waals surface area contributed by atoms with E-state index in [4.69, 9.17) is 4.42 Å². The predicted molar refractivity (Wildman–Crippen MR) is 86.1 cm³/mol. The summed E-state index contributed by atoms with van der Waals surface area (Å²) in [7, 11) is 0. The molecule has 0 atom stereocenters. The fourth-order valence-electron chi connectivity index (χ4n) is 2.24. The second-order valence-corrected chi connectivity index (χ2v) is 4.83. The molecule has 1 heterocycles. The number of carboxylic acid groups (broad SMARTS) is 1. The fraction of sp³-hybridized carbons (Fsp3) is 0. The van der Waals surface area contributed by atoms with Crippen LogP contribution >= 0.6 is 0 Å². The van der Waals surface area contributed by atoms with E-state index in [0.29, 0.717) is 5.56 Å². The summed E-state index contributed by atoms with van der Waals surface area (Å²) in [5.41, 5.74) is 2.74. The van der Waals surface area contributed by atoms with Gasteiger partial charge in [-0.2, -0.15) is 0 Å². The fourth-order valence-corrected chi connectivity index (χ4v) is 2.24. The van der Waals surface area contributed by atoms with Crippen molar-refractivity contribution in [3.05, 3.63) is 84.1 Å². The molecule has 1 N–H and O–H groups in total. The van der Waals surface area contributed by atoms with Crippen LogP contribution in [-0.2, 0) is 4.79 Å². The van der Waals surface area contributed by atoms with Gasteiger partial charge in [-0.3, -0.25) is 0 Å². The molecule has 0 radical (unpaired) electrons. The molecule has 3 nitrogen and oxygen atoms in total. The van der Waals surface area contributed by atoms with Crippen LogP contribution in [0.25, 0.3) is 23.0 Å². The highest BCUT2D eigenvalue weighted by Crippen LogP contribution is 2.23. The molecule has 0 saturated carbocycles. The number of furan rings is 1. The highest BCUT2D eigenvalue weighted by molar-refractivity contribution is 6.20. The van der Waals surface area contributed by atoms with Gasteiger partial charge in [-0.05, 0) is 29.3 Å². The zero-order chi connectivity index (χ0) is 15.4. The first-order chi connectivity index (χ1) is 10.7. The quantitative estimate of drug-likeness (QED) is 0.565. The van der Waals surface area contributed by atoms with Crippen LogP contribution in [0.4, 0.5) is 0 Å².